The second-order valence-corrected chi connectivity index (χ2v) is 5.30. The van der Waals surface area contributed by atoms with Gasteiger partial charge in [0.25, 0.3) is 0 Å². The first-order valence-electron chi connectivity index (χ1n) is 6.62. The molecule has 1 aliphatic rings. The Kier molecular flexibility index (Phi) is 4.78. The SMILES string of the molecule is CCc1nc(Cl)cc(NCC2CCCC(O)C2)n1. The summed E-state index contributed by atoms with van der Waals surface area (Å²) in [6.07, 6.45) is 4.74. The van der Waals surface area contributed by atoms with Crippen LogP contribution in [0.15, 0.2) is 6.07 Å². The molecule has 2 atom stereocenters. The zero-order valence-corrected chi connectivity index (χ0v) is 11.5. The van der Waals surface area contributed by atoms with Gasteiger partial charge in [-0.1, -0.05) is 24.9 Å². The summed E-state index contributed by atoms with van der Waals surface area (Å²) in [6, 6.07) is 1.75. The van der Waals surface area contributed by atoms with Crippen molar-refractivity contribution >= 4 is 17.4 Å². The number of halogens is 1. The highest BCUT2D eigenvalue weighted by atomic mass is 35.5. The monoisotopic (exact) mass is 269 g/mol. The first kappa shape index (κ1) is 13.6. The summed E-state index contributed by atoms with van der Waals surface area (Å²) in [5.41, 5.74) is 0. The van der Waals surface area contributed by atoms with E-state index in [4.69, 9.17) is 11.6 Å². The topological polar surface area (TPSA) is 58.0 Å². The molecule has 1 heterocycles. The lowest BCUT2D eigenvalue weighted by Gasteiger charge is -2.26. The minimum Gasteiger partial charge on any atom is -0.393 e. The van der Waals surface area contributed by atoms with Gasteiger partial charge < -0.3 is 10.4 Å². The van der Waals surface area contributed by atoms with Crippen LogP contribution in [-0.4, -0.2) is 27.7 Å². The molecule has 0 aromatic carbocycles. The third kappa shape index (κ3) is 3.82. The van der Waals surface area contributed by atoms with Crippen LogP contribution in [0.1, 0.15) is 38.4 Å². The number of aryl methyl sites for hydroxylation is 1. The van der Waals surface area contributed by atoms with Gasteiger partial charge in [-0.2, -0.15) is 0 Å². The Balaban J connectivity index is 1.91. The maximum Gasteiger partial charge on any atom is 0.134 e. The Morgan fingerprint density at radius 1 is 1.44 bits per heavy atom. The first-order valence-corrected chi connectivity index (χ1v) is 7.00. The summed E-state index contributed by atoms with van der Waals surface area (Å²) in [5, 5.41) is 13.4. The molecule has 5 heteroatoms. The van der Waals surface area contributed by atoms with Crippen molar-refractivity contribution in [2.24, 2.45) is 5.92 Å². The summed E-state index contributed by atoms with van der Waals surface area (Å²) < 4.78 is 0. The molecule has 0 amide bonds. The lowest BCUT2D eigenvalue weighted by molar-refractivity contribution is 0.104. The maximum atomic E-state index is 9.63. The van der Waals surface area contributed by atoms with Crippen molar-refractivity contribution in [2.45, 2.75) is 45.1 Å². The third-order valence-corrected chi connectivity index (χ3v) is 3.58. The summed E-state index contributed by atoms with van der Waals surface area (Å²) in [4.78, 5) is 8.52. The maximum absolute atomic E-state index is 9.63. The molecule has 2 unspecified atom stereocenters. The molecule has 2 N–H and O–H groups in total. The Hall–Kier alpha value is -0.870. The molecule has 1 aliphatic carbocycles. The fourth-order valence-electron chi connectivity index (χ4n) is 2.41. The van der Waals surface area contributed by atoms with E-state index < -0.39 is 0 Å². The van der Waals surface area contributed by atoms with E-state index in [-0.39, 0.29) is 6.10 Å². The Morgan fingerprint density at radius 3 is 3.00 bits per heavy atom. The highest BCUT2D eigenvalue weighted by molar-refractivity contribution is 6.29. The van der Waals surface area contributed by atoms with Crippen molar-refractivity contribution in [3.05, 3.63) is 17.0 Å². The predicted molar refractivity (Wildman–Crippen MR) is 72.9 cm³/mol. The van der Waals surface area contributed by atoms with Gasteiger partial charge in [-0.3, -0.25) is 0 Å². The van der Waals surface area contributed by atoms with E-state index in [0.717, 1.165) is 43.9 Å². The van der Waals surface area contributed by atoms with Crippen LogP contribution in [0.5, 0.6) is 0 Å². The van der Waals surface area contributed by atoms with E-state index in [0.29, 0.717) is 11.1 Å². The number of hydrogen-bond donors (Lipinski definition) is 2. The van der Waals surface area contributed by atoms with Gasteiger partial charge in [0.1, 0.15) is 16.8 Å². The summed E-state index contributed by atoms with van der Waals surface area (Å²) in [5.74, 6) is 2.06. The number of aliphatic hydroxyl groups is 1. The van der Waals surface area contributed by atoms with Crippen LogP contribution < -0.4 is 5.32 Å². The fourth-order valence-corrected chi connectivity index (χ4v) is 2.61. The molecule has 2 rings (SSSR count). The number of aromatic nitrogens is 2. The van der Waals surface area contributed by atoms with Crippen molar-refractivity contribution in [3.63, 3.8) is 0 Å². The van der Waals surface area contributed by atoms with E-state index >= 15 is 0 Å². The van der Waals surface area contributed by atoms with Crippen molar-refractivity contribution < 1.29 is 5.11 Å². The largest absolute Gasteiger partial charge is 0.393 e. The molecule has 1 aromatic rings. The zero-order valence-electron chi connectivity index (χ0n) is 10.7. The minimum atomic E-state index is -0.134. The van der Waals surface area contributed by atoms with E-state index in [2.05, 4.69) is 15.3 Å². The van der Waals surface area contributed by atoms with E-state index in [9.17, 15) is 5.11 Å². The summed E-state index contributed by atoms with van der Waals surface area (Å²) in [7, 11) is 0. The highest BCUT2D eigenvalue weighted by Gasteiger charge is 2.19. The van der Waals surface area contributed by atoms with Crippen molar-refractivity contribution in [3.8, 4) is 0 Å². The lowest BCUT2D eigenvalue weighted by atomic mass is 9.87. The van der Waals surface area contributed by atoms with Gasteiger partial charge in [0.05, 0.1) is 6.10 Å². The molecular formula is C13H20ClN3O. The van der Waals surface area contributed by atoms with Crippen molar-refractivity contribution in [1.82, 2.24) is 9.97 Å². The predicted octanol–water partition coefficient (Wildman–Crippen LogP) is 2.66. The highest BCUT2D eigenvalue weighted by Crippen LogP contribution is 2.24. The average Bonchev–Trinajstić information content (AvgIpc) is 2.36. The number of anilines is 1. The van der Waals surface area contributed by atoms with Crippen LogP contribution in [-0.2, 0) is 6.42 Å². The molecule has 0 bridgehead atoms. The molecular weight excluding hydrogens is 250 g/mol. The number of rotatable bonds is 4. The Bertz CT molecular complexity index is 400. The van der Waals surface area contributed by atoms with Crippen molar-refractivity contribution in [1.29, 1.82) is 0 Å². The van der Waals surface area contributed by atoms with Crippen LogP contribution in [0, 0.1) is 5.92 Å². The number of aliphatic hydroxyl groups excluding tert-OH is 1. The smallest absolute Gasteiger partial charge is 0.134 e. The Morgan fingerprint density at radius 2 is 2.28 bits per heavy atom. The van der Waals surface area contributed by atoms with Crippen LogP contribution in [0.4, 0.5) is 5.82 Å². The third-order valence-electron chi connectivity index (χ3n) is 3.38. The molecule has 1 aromatic heterocycles. The van der Waals surface area contributed by atoms with Crippen LogP contribution in [0.3, 0.4) is 0 Å². The summed E-state index contributed by atoms with van der Waals surface area (Å²) >= 11 is 5.94. The van der Waals surface area contributed by atoms with Gasteiger partial charge in [-0.15, -0.1) is 0 Å². The molecule has 1 saturated carbocycles. The molecule has 18 heavy (non-hydrogen) atoms. The second kappa shape index (κ2) is 6.34. The summed E-state index contributed by atoms with van der Waals surface area (Å²) in [6.45, 7) is 2.85. The molecule has 0 spiro atoms. The molecule has 0 aliphatic heterocycles. The van der Waals surface area contributed by atoms with E-state index in [1.165, 1.54) is 6.42 Å². The molecule has 100 valence electrons. The van der Waals surface area contributed by atoms with Crippen LogP contribution in [0.25, 0.3) is 0 Å². The van der Waals surface area contributed by atoms with Crippen molar-refractivity contribution in [2.75, 3.05) is 11.9 Å². The molecule has 4 nitrogen and oxygen atoms in total. The fraction of sp³-hybridized carbons (Fsp3) is 0.692. The standard InChI is InChI=1S/C13H20ClN3O/c1-2-12-16-11(14)7-13(17-12)15-8-9-4-3-5-10(18)6-9/h7,9-10,18H,2-6,8H2,1H3,(H,15,16,17). The molecule has 0 saturated heterocycles. The second-order valence-electron chi connectivity index (χ2n) is 4.91. The molecule has 0 radical (unpaired) electrons. The first-order chi connectivity index (χ1) is 8.67. The van der Waals surface area contributed by atoms with Gasteiger partial charge in [0.15, 0.2) is 0 Å². The van der Waals surface area contributed by atoms with Crippen LogP contribution >= 0.6 is 11.6 Å². The zero-order chi connectivity index (χ0) is 13.0. The van der Waals surface area contributed by atoms with Gasteiger partial charge in [-0.05, 0) is 25.2 Å². The minimum absolute atomic E-state index is 0.134. The lowest BCUT2D eigenvalue weighted by Crippen LogP contribution is -2.25. The average molecular weight is 270 g/mol. The quantitative estimate of drug-likeness (QED) is 0.825. The van der Waals surface area contributed by atoms with E-state index in [1.807, 2.05) is 6.92 Å². The van der Waals surface area contributed by atoms with Gasteiger partial charge >= 0.3 is 0 Å². The van der Waals surface area contributed by atoms with Crippen LogP contribution in [0.2, 0.25) is 5.15 Å². The van der Waals surface area contributed by atoms with E-state index in [1.54, 1.807) is 6.07 Å². The Labute approximate surface area is 113 Å². The number of nitrogens with zero attached hydrogens (tertiary/aromatic N) is 2. The normalized spacial score (nSPS) is 23.9. The number of hydrogen-bond acceptors (Lipinski definition) is 4. The van der Waals surface area contributed by atoms with Gasteiger partial charge in [0.2, 0.25) is 0 Å². The van der Waals surface area contributed by atoms with Gasteiger partial charge in [-0.25, -0.2) is 9.97 Å². The van der Waals surface area contributed by atoms with Gasteiger partial charge in [0, 0.05) is 19.0 Å². The molecule has 1 fully saturated rings. The number of nitrogens with one attached hydrogen (secondary N) is 1.